The Hall–Kier alpha value is -2.49. The lowest BCUT2D eigenvalue weighted by Crippen LogP contribution is -2.31. The summed E-state index contributed by atoms with van der Waals surface area (Å²) in [6.45, 7) is 0.461. The van der Waals surface area contributed by atoms with Crippen LogP contribution >= 0.6 is 0 Å². The fourth-order valence-corrected chi connectivity index (χ4v) is 2.72. The second-order valence-corrected chi connectivity index (χ2v) is 4.50. The molecule has 2 aromatic rings. The predicted octanol–water partition coefficient (Wildman–Crippen LogP) is 2.83. The molecule has 4 rings (SSSR count). The monoisotopic (exact) mass is 252 g/mol. The van der Waals surface area contributed by atoms with E-state index in [4.69, 9.17) is 9.57 Å². The molecule has 2 aliphatic heterocycles. The first kappa shape index (κ1) is 10.4. The molecule has 0 radical (unpaired) electrons. The van der Waals surface area contributed by atoms with Crippen molar-refractivity contribution in [2.24, 2.45) is 5.16 Å². The van der Waals surface area contributed by atoms with E-state index in [0.29, 0.717) is 6.73 Å². The first-order valence-corrected chi connectivity index (χ1v) is 6.14. The fourth-order valence-electron chi connectivity index (χ4n) is 2.72. The molecule has 0 aliphatic carbocycles. The first-order valence-electron chi connectivity index (χ1n) is 6.14. The van der Waals surface area contributed by atoms with E-state index in [-0.39, 0.29) is 0 Å². The standard InChI is InChI=1S/C15H12N2O2/c1-18-13-8-4-6-11-14(13)10-5-2-3-7-12(10)17-9-19-16-15(11)17/h2-8H,9H2,1H3. The minimum atomic E-state index is 0.461. The molecule has 0 N–H and O–H groups in total. The molecule has 0 spiro atoms. The van der Waals surface area contributed by atoms with Crippen LogP contribution in [0.1, 0.15) is 5.56 Å². The van der Waals surface area contributed by atoms with Crippen LogP contribution in [0.3, 0.4) is 0 Å². The average Bonchev–Trinajstić information content (AvgIpc) is 2.96. The number of fused-ring (bicyclic) bond motifs is 6. The van der Waals surface area contributed by atoms with E-state index in [1.54, 1.807) is 7.11 Å². The van der Waals surface area contributed by atoms with Gasteiger partial charge in [0.05, 0.1) is 12.8 Å². The summed E-state index contributed by atoms with van der Waals surface area (Å²) in [5.41, 5.74) is 4.40. The van der Waals surface area contributed by atoms with Gasteiger partial charge in [0.25, 0.3) is 0 Å². The molecule has 0 saturated heterocycles. The van der Waals surface area contributed by atoms with Gasteiger partial charge in [-0.05, 0) is 12.1 Å². The van der Waals surface area contributed by atoms with Gasteiger partial charge in [0.1, 0.15) is 5.75 Å². The highest BCUT2D eigenvalue weighted by molar-refractivity contribution is 6.20. The Morgan fingerprint density at radius 2 is 1.95 bits per heavy atom. The largest absolute Gasteiger partial charge is 0.496 e. The van der Waals surface area contributed by atoms with Crippen molar-refractivity contribution in [2.45, 2.75) is 0 Å². The summed E-state index contributed by atoms with van der Waals surface area (Å²) in [6.07, 6.45) is 0. The summed E-state index contributed by atoms with van der Waals surface area (Å²) in [7, 11) is 1.69. The molecule has 0 unspecified atom stereocenters. The number of anilines is 1. The average molecular weight is 252 g/mol. The van der Waals surface area contributed by atoms with Crippen LogP contribution in [0.25, 0.3) is 11.1 Å². The number of ether oxygens (including phenoxy) is 1. The Bertz CT molecular complexity index is 694. The molecular weight excluding hydrogens is 240 g/mol. The third kappa shape index (κ3) is 1.31. The van der Waals surface area contributed by atoms with Crippen LogP contribution in [0.15, 0.2) is 47.6 Å². The maximum atomic E-state index is 5.50. The summed E-state index contributed by atoms with van der Waals surface area (Å²) in [5.74, 6) is 1.71. The van der Waals surface area contributed by atoms with Crippen molar-refractivity contribution in [3.63, 3.8) is 0 Å². The molecule has 0 amide bonds. The summed E-state index contributed by atoms with van der Waals surface area (Å²) in [4.78, 5) is 7.33. The minimum absolute atomic E-state index is 0.461. The number of para-hydroxylation sites is 1. The summed E-state index contributed by atoms with van der Waals surface area (Å²) in [6, 6.07) is 14.2. The highest BCUT2D eigenvalue weighted by atomic mass is 16.7. The second kappa shape index (κ2) is 3.75. The van der Waals surface area contributed by atoms with E-state index in [1.807, 2.05) is 30.3 Å². The molecule has 4 heteroatoms. The quantitative estimate of drug-likeness (QED) is 0.782. The van der Waals surface area contributed by atoms with E-state index in [0.717, 1.165) is 34.0 Å². The number of oxime groups is 1. The van der Waals surface area contributed by atoms with Gasteiger partial charge in [-0.25, -0.2) is 0 Å². The molecule has 2 aliphatic rings. The van der Waals surface area contributed by atoms with Crippen molar-refractivity contribution in [1.82, 2.24) is 0 Å². The lowest BCUT2D eigenvalue weighted by molar-refractivity contribution is 0.174. The third-order valence-corrected chi connectivity index (χ3v) is 3.54. The molecule has 0 atom stereocenters. The van der Waals surface area contributed by atoms with E-state index in [9.17, 15) is 0 Å². The number of hydrogen-bond donors (Lipinski definition) is 0. The number of methoxy groups -OCH3 is 1. The minimum Gasteiger partial charge on any atom is -0.496 e. The maximum Gasteiger partial charge on any atom is 0.195 e. The van der Waals surface area contributed by atoms with E-state index in [1.165, 1.54) is 0 Å². The van der Waals surface area contributed by atoms with Crippen LogP contribution in [0, 0.1) is 0 Å². The molecule has 0 bridgehead atoms. The van der Waals surface area contributed by atoms with Crippen molar-refractivity contribution in [3.8, 4) is 16.9 Å². The Morgan fingerprint density at radius 1 is 1.11 bits per heavy atom. The number of benzene rings is 2. The second-order valence-electron chi connectivity index (χ2n) is 4.50. The van der Waals surface area contributed by atoms with E-state index >= 15 is 0 Å². The zero-order valence-electron chi connectivity index (χ0n) is 10.5. The third-order valence-electron chi connectivity index (χ3n) is 3.54. The van der Waals surface area contributed by atoms with E-state index < -0.39 is 0 Å². The Kier molecular flexibility index (Phi) is 2.06. The zero-order valence-corrected chi connectivity index (χ0v) is 10.5. The van der Waals surface area contributed by atoms with Crippen LogP contribution in [-0.4, -0.2) is 19.7 Å². The van der Waals surface area contributed by atoms with Crippen LogP contribution in [0.4, 0.5) is 5.69 Å². The highest BCUT2D eigenvalue weighted by Gasteiger charge is 2.33. The number of hydrogen-bond acceptors (Lipinski definition) is 4. The highest BCUT2D eigenvalue weighted by Crippen LogP contribution is 2.44. The van der Waals surface area contributed by atoms with Gasteiger partial charge in [0.15, 0.2) is 12.6 Å². The number of amidine groups is 1. The number of nitrogens with zero attached hydrogens (tertiary/aromatic N) is 2. The van der Waals surface area contributed by atoms with Crippen LogP contribution in [0.5, 0.6) is 5.75 Å². The number of rotatable bonds is 1. The van der Waals surface area contributed by atoms with Gasteiger partial charge < -0.3 is 9.57 Å². The zero-order chi connectivity index (χ0) is 12.8. The fraction of sp³-hybridized carbons (Fsp3) is 0.133. The molecule has 94 valence electrons. The molecule has 0 fully saturated rings. The molecule has 2 aromatic carbocycles. The lowest BCUT2D eigenvalue weighted by atomic mass is 9.92. The van der Waals surface area contributed by atoms with Crippen molar-refractivity contribution < 1.29 is 9.57 Å². The maximum absolute atomic E-state index is 5.50. The van der Waals surface area contributed by atoms with E-state index in [2.05, 4.69) is 22.2 Å². The molecule has 2 heterocycles. The molecule has 19 heavy (non-hydrogen) atoms. The van der Waals surface area contributed by atoms with Crippen molar-refractivity contribution >= 4 is 11.5 Å². The Morgan fingerprint density at radius 3 is 2.84 bits per heavy atom. The smallest absolute Gasteiger partial charge is 0.195 e. The summed E-state index contributed by atoms with van der Waals surface area (Å²) < 4.78 is 5.50. The van der Waals surface area contributed by atoms with Crippen molar-refractivity contribution in [3.05, 3.63) is 48.0 Å². The van der Waals surface area contributed by atoms with Gasteiger partial charge in [-0.2, -0.15) is 0 Å². The molecule has 0 saturated carbocycles. The predicted molar refractivity (Wildman–Crippen MR) is 73.4 cm³/mol. The van der Waals surface area contributed by atoms with Gasteiger partial charge in [0, 0.05) is 16.7 Å². The van der Waals surface area contributed by atoms with Crippen molar-refractivity contribution in [1.29, 1.82) is 0 Å². The van der Waals surface area contributed by atoms with Crippen molar-refractivity contribution in [2.75, 3.05) is 18.7 Å². The topological polar surface area (TPSA) is 34.1 Å². The SMILES string of the molecule is COc1cccc2c1-c1ccccc1N1CON=C21. The van der Waals surface area contributed by atoms with Gasteiger partial charge in [0.2, 0.25) is 0 Å². The summed E-state index contributed by atoms with van der Waals surface area (Å²) >= 11 is 0. The van der Waals surface area contributed by atoms with Crippen LogP contribution in [-0.2, 0) is 4.84 Å². The van der Waals surface area contributed by atoms with Gasteiger partial charge in [-0.1, -0.05) is 35.5 Å². The van der Waals surface area contributed by atoms with Gasteiger partial charge in [-0.3, -0.25) is 4.90 Å². The molecular formula is C15H12N2O2. The van der Waals surface area contributed by atoms with Crippen LogP contribution in [0.2, 0.25) is 0 Å². The van der Waals surface area contributed by atoms with Crippen LogP contribution < -0.4 is 9.64 Å². The van der Waals surface area contributed by atoms with Gasteiger partial charge >= 0.3 is 0 Å². The Balaban J connectivity index is 2.10. The lowest BCUT2D eigenvalue weighted by Gasteiger charge is -2.28. The summed E-state index contributed by atoms with van der Waals surface area (Å²) in [5, 5.41) is 4.16. The van der Waals surface area contributed by atoms with Gasteiger partial charge in [-0.15, -0.1) is 0 Å². The molecule has 0 aromatic heterocycles. The normalized spacial score (nSPS) is 15.0. The Labute approximate surface area is 110 Å². The molecule has 4 nitrogen and oxygen atoms in total. The first-order chi connectivity index (χ1) is 9.40.